The van der Waals surface area contributed by atoms with Gasteiger partial charge in [0.05, 0.1) is 17.4 Å². The largest absolute Gasteiger partial charge is 0.452 e. The van der Waals surface area contributed by atoms with E-state index in [1.807, 2.05) is 43.3 Å². The molecule has 0 bridgehead atoms. The maximum atomic E-state index is 12.2. The number of rotatable bonds is 5. The molecule has 2 amide bonds. The highest BCUT2D eigenvalue weighted by Crippen LogP contribution is 2.36. The molecule has 2 aromatic carbocycles. The Balaban J connectivity index is 1.53. The molecule has 2 N–H and O–H groups in total. The number of para-hydroxylation sites is 1. The number of thioether (sulfide) groups is 1. The first-order valence-corrected chi connectivity index (χ1v) is 9.44. The second-order valence-electron chi connectivity index (χ2n) is 6.28. The minimum absolute atomic E-state index is 0.104. The van der Waals surface area contributed by atoms with Crippen molar-refractivity contribution in [3.63, 3.8) is 0 Å². The number of carbonyl (C=O) groups is 3. The Morgan fingerprint density at radius 3 is 2.63 bits per heavy atom. The number of anilines is 2. The molecule has 0 aromatic heterocycles. The van der Waals surface area contributed by atoms with Crippen LogP contribution in [0.3, 0.4) is 0 Å². The van der Waals surface area contributed by atoms with Crippen molar-refractivity contribution in [2.45, 2.75) is 36.5 Å². The van der Waals surface area contributed by atoms with Crippen LogP contribution in [-0.4, -0.2) is 29.1 Å². The van der Waals surface area contributed by atoms with Gasteiger partial charge in [0, 0.05) is 10.6 Å². The summed E-state index contributed by atoms with van der Waals surface area (Å²) in [7, 11) is 0. The Labute approximate surface area is 161 Å². The summed E-state index contributed by atoms with van der Waals surface area (Å²) in [6, 6.07) is 14.7. The number of carbonyl (C=O) groups excluding carboxylic acids is 3. The predicted molar refractivity (Wildman–Crippen MR) is 105 cm³/mol. The van der Waals surface area contributed by atoms with Crippen molar-refractivity contribution in [3.8, 4) is 0 Å². The van der Waals surface area contributed by atoms with Crippen molar-refractivity contribution in [3.05, 3.63) is 54.1 Å². The highest BCUT2D eigenvalue weighted by atomic mass is 32.2. The molecule has 6 nitrogen and oxygen atoms in total. The molecule has 0 saturated carbocycles. The first-order chi connectivity index (χ1) is 12.9. The summed E-state index contributed by atoms with van der Waals surface area (Å²) in [5, 5.41) is 4.90. The van der Waals surface area contributed by atoms with Crippen LogP contribution in [0.5, 0.6) is 0 Å². The van der Waals surface area contributed by atoms with E-state index in [2.05, 4.69) is 10.6 Å². The van der Waals surface area contributed by atoms with E-state index in [1.54, 1.807) is 12.1 Å². The van der Waals surface area contributed by atoms with Crippen molar-refractivity contribution in [1.82, 2.24) is 0 Å². The number of amides is 2. The summed E-state index contributed by atoms with van der Waals surface area (Å²) < 4.78 is 5.20. The first-order valence-electron chi connectivity index (χ1n) is 8.56. The second-order valence-corrected chi connectivity index (χ2v) is 7.53. The van der Waals surface area contributed by atoms with Gasteiger partial charge in [0.15, 0.2) is 6.10 Å². The number of esters is 1. The van der Waals surface area contributed by atoms with E-state index >= 15 is 0 Å². The van der Waals surface area contributed by atoms with Gasteiger partial charge in [-0.05, 0) is 38.1 Å². The van der Waals surface area contributed by atoms with E-state index in [1.165, 1.54) is 18.7 Å². The van der Waals surface area contributed by atoms with Crippen LogP contribution in [0.2, 0.25) is 0 Å². The van der Waals surface area contributed by atoms with Crippen molar-refractivity contribution < 1.29 is 19.1 Å². The van der Waals surface area contributed by atoms with Crippen molar-refractivity contribution in [1.29, 1.82) is 0 Å². The highest BCUT2D eigenvalue weighted by molar-refractivity contribution is 8.01. The van der Waals surface area contributed by atoms with Crippen molar-refractivity contribution >= 4 is 40.9 Å². The maximum Gasteiger partial charge on any atom is 0.308 e. The minimum atomic E-state index is -0.956. The molecular weight excluding hydrogens is 364 g/mol. The normalized spacial score (nSPS) is 16.7. The molecule has 1 heterocycles. The molecule has 0 unspecified atom stereocenters. The number of hydrogen-bond donors (Lipinski definition) is 2. The Bertz CT molecular complexity index is 867. The molecule has 27 heavy (non-hydrogen) atoms. The Hall–Kier alpha value is -2.80. The number of fused-ring (bicyclic) bond motifs is 1. The van der Waals surface area contributed by atoms with Crippen LogP contribution in [0.15, 0.2) is 53.4 Å². The monoisotopic (exact) mass is 384 g/mol. The van der Waals surface area contributed by atoms with Crippen LogP contribution in [-0.2, 0) is 19.1 Å². The van der Waals surface area contributed by atoms with Gasteiger partial charge in [-0.25, -0.2) is 0 Å². The lowest BCUT2D eigenvalue weighted by atomic mass is 10.2. The van der Waals surface area contributed by atoms with Gasteiger partial charge in [-0.1, -0.05) is 29.8 Å². The Morgan fingerprint density at radius 2 is 1.89 bits per heavy atom. The third-order valence-electron chi connectivity index (χ3n) is 4.06. The standard InChI is InChI=1S/C20H20N2O4S/c1-12-7-9-14(10-8-12)21-19(24)13(2)26-18(23)11-17-20(25)22-15-5-3-4-6-16(15)27-17/h3-10,13,17H,11H2,1-2H3,(H,21,24)(H,22,25)/t13-,17+/m0/s1. The van der Waals surface area contributed by atoms with Gasteiger partial charge >= 0.3 is 5.97 Å². The quantitative estimate of drug-likeness (QED) is 0.772. The van der Waals surface area contributed by atoms with E-state index in [9.17, 15) is 14.4 Å². The van der Waals surface area contributed by atoms with Crippen LogP contribution in [0, 0.1) is 6.92 Å². The van der Waals surface area contributed by atoms with Crippen molar-refractivity contribution in [2.75, 3.05) is 10.6 Å². The lowest BCUT2D eigenvalue weighted by molar-refractivity contribution is -0.153. The maximum absolute atomic E-state index is 12.2. The summed E-state index contributed by atoms with van der Waals surface area (Å²) in [4.78, 5) is 37.4. The van der Waals surface area contributed by atoms with Crippen molar-refractivity contribution in [2.24, 2.45) is 0 Å². The number of aryl methyl sites for hydroxylation is 1. The van der Waals surface area contributed by atoms with E-state index < -0.39 is 23.2 Å². The average Bonchev–Trinajstić information content (AvgIpc) is 2.64. The molecule has 0 saturated heterocycles. The van der Waals surface area contributed by atoms with Gasteiger partial charge in [0.1, 0.15) is 0 Å². The minimum Gasteiger partial charge on any atom is -0.452 e. The van der Waals surface area contributed by atoms with Gasteiger partial charge in [-0.3, -0.25) is 14.4 Å². The lowest BCUT2D eigenvalue weighted by Gasteiger charge is -2.23. The molecule has 0 spiro atoms. The number of benzene rings is 2. The highest BCUT2D eigenvalue weighted by Gasteiger charge is 2.30. The van der Waals surface area contributed by atoms with Gasteiger partial charge < -0.3 is 15.4 Å². The summed E-state index contributed by atoms with van der Waals surface area (Å²) in [5.41, 5.74) is 2.45. The molecule has 3 rings (SSSR count). The summed E-state index contributed by atoms with van der Waals surface area (Å²) >= 11 is 1.32. The fraction of sp³-hybridized carbons (Fsp3) is 0.250. The van der Waals surface area contributed by atoms with E-state index in [0.29, 0.717) is 5.69 Å². The van der Waals surface area contributed by atoms with Gasteiger partial charge in [-0.2, -0.15) is 0 Å². The third-order valence-corrected chi connectivity index (χ3v) is 5.33. The fourth-order valence-corrected chi connectivity index (χ4v) is 3.65. The van der Waals surface area contributed by atoms with Crippen LogP contribution in [0.1, 0.15) is 18.9 Å². The molecule has 0 fully saturated rings. The lowest BCUT2D eigenvalue weighted by Crippen LogP contribution is -2.34. The Morgan fingerprint density at radius 1 is 1.19 bits per heavy atom. The van der Waals surface area contributed by atoms with Crippen LogP contribution in [0.25, 0.3) is 0 Å². The zero-order chi connectivity index (χ0) is 19.4. The average molecular weight is 384 g/mol. The molecule has 0 aliphatic carbocycles. The zero-order valence-corrected chi connectivity index (χ0v) is 15.8. The number of nitrogens with one attached hydrogen (secondary N) is 2. The van der Waals surface area contributed by atoms with Gasteiger partial charge in [0.25, 0.3) is 5.91 Å². The zero-order valence-electron chi connectivity index (χ0n) is 15.0. The molecule has 140 valence electrons. The van der Waals surface area contributed by atoms with Gasteiger partial charge in [-0.15, -0.1) is 11.8 Å². The predicted octanol–water partition coefficient (Wildman–Crippen LogP) is 3.37. The van der Waals surface area contributed by atoms with E-state index in [4.69, 9.17) is 4.74 Å². The van der Waals surface area contributed by atoms with Crippen LogP contribution >= 0.6 is 11.8 Å². The van der Waals surface area contributed by atoms with Crippen LogP contribution < -0.4 is 10.6 Å². The topological polar surface area (TPSA) is 84.5 Å². The molecular formula is C20H20N2O4S. The fourth-order valence-electron chi connectivity index (χ4n) is 2.56. The van der Waals surface area contributed by atoms with Crippen LogP contribution in [0.4, 0.5) is 11.4 Å². The number of ether oxygens (including phenoxy) is 1. The molecule has 2 atom stereocenters. The summed E-state index contributed by atoms with van der Waals surface area (Å²) in [6.07, 6.45) is -1.06. The molecule has 2 aromatic rings. The number of hydrogen-bond acceptors (Lipinski definition) is 5. The molecule has 0 radical (unpaired) electrons. The third kappa shape index (κ3) is 4.89. The Kier molecular flexibility index (Phi) is 5.81. The first kappa shape index (κ1) is 19.0. The smallest absolute Gasteiger partial charge is 0.308 e. The van der Waals surface area contributed by atoms with Gasteiger partial charge in [0.2, 0.25) is 5.91 Å². The summed E-state index contributed by atoms with van der Waals surface area (Å²) in [6.45, 7) is 3.46. The second kappa shape index (κ2) is 8.26. The molecule has 1 aliphatic heterocycles. The SMILES string of the molecule is Cc1ccc(NC(=O)[C@H](C)OC(=O)C[C@H]2Sc3ccccc3NC2=O)cc1. The molecule has 7 heteroatoms. The van der Waals surface area contributed by atoms with E-state index in [-0.39, 0.29) is 12.3 Å². The van der Waals surface area contributed by atoms with E-state index in [0.717, 1.165) is 16.1 Å². The summed E-state index contributed by atoms with van der Waals surface area (Å²) in [5.74, 6) is -1.25. The molecule has 1 aliphatic rings.